The molecule has 0 saturated carbocycles. The molecule has 0 radical (unpaired) electrons. The third-order valence-corrected chi connectivity index (χ3v) is 4.64. The summed E-state index contributed by atoms with van der Waals surface area (Å²) in [6.07, 6.45) is 0. The van der Waals surface area contributed by atoms with Gasteiger partial charge < -0.3 is 19.9 Å². The van der Waals surface area contributed by atoms with E-state index in [1.54, 1.807) is 43.5 Å². The van der Waals surface area contributed by atoms with Crippen LogP contribution >= 0.6 is 11.6 Å². The van der Waals surface area contributed by atoms with Crippen molar-refractivity contribution in [1.82, 2.24) is 0 Å². The minimum absolute atomic E-state index is 0.106. The standard InChI is InChI=1S/C13H12O.C7H7ClO.C6H7BO2/c14-10-11-6-8-13(9-7-11)12-4-2-1-3-5-12;1-9-7-4-2-6(8)3-5-7;8-7(9)6-4-2-1-3-5-6/h1-9,14H,10H2;2-5H,1H3;1-5,8-9H. The van der Waals surface area contributed by atoms with Crippen molar-refractivity contribution in [3.8, 4) is 16.9 Å². The van der Waals surface area contributed by atoms with E-state index >= 15 is 0 Å². The number of halogens is 1. The van der Waals surface area contributed by atoms with Crippen molar-refractivity contribution in [2.24, 2.45) is 0 Å². The molecule has 0 aliphatic carbocycles. The number of aliphatic hydroxyl groups is 1. The first kappa shape index (κ1) is 25.2. The van der Waals surface area contributed by atoms with Crippen LogP contribution in [0.25, 0.3) is 11.1 Å². The van der Waals surface area contributed by atoms with Crippen LogP contribution in [0.2, 0.25) is 5.02 Å². The highest BCUT2D eigenvalue weighted by Crippen LogP contribution is 2.19. The van der Waals surface area contributed by atoms with Gasteiger partial charge in [0.2, 0.25) is 0 Å². The molecular formula is C26H26BClO4. The molecule has 4 rings (SSSR count). The van der Waals surface area contributed by atoms with E-state index in [4.69, 9.17) is 31.5 Å². The van der Waals surface area contributed by atoms with Crippen LogP contribution in [0.5, 0.6) is 5.75 Å². The number of benzene rings is 4. The van der Waals surface area contributed by atoms with Gasteiger partial charge in [0.05, 0.1) is 13.7 Å². The number of rotatable bonds is 4. The van der Waals surface area contributed by atoms with Gasteiger partial charge in [-0.05, 0) is 46.4 Å². The highest BCUT2D eigenvalue weighted by Gasteiger charge is 2.07. The molecule has 0 bridgehead atoms. The zero-order chi connectivity index (χ0) is 23.2. The largest absolute Gasteiger partial charge is 0.497 e. The maximum atomic E-state index is 8.90. The second kappa shape index (κ2) is 14.1. The van der Waals surface area contributed by atoms with E-state index in [9.17, 15) is 0 Å². The molecule has 164 valence electrons. The highest BCUT2D eigenvalue weighted by molar-refractivity contribution is 6.58. The van der Waals surface area contributed by atoms with E-state index in [0.29, 0.717) is 5.46 Å². The Balaban J connectivity index is 0.000000178. The van der Waals surface area contributed by atoms with E-state index in [1.807, 2.05) is 60.7 Å². The van der Waals surface area contributed by atoms with Crippen molar-refractivity contribution in [3.63, 3.8) is 0 Å². The molecule has 32 heavy (non-hydrogen) atoms. The summed E-state index contributed by atoms with van der Waals surface area (Å²) in [5.74, 6) is 0.833. The van der Waals surface area contributed by atoms with Crippen LogP contribution < -0.4 is 10.2 Å². The Morgan fingerprint density at radius 3 is 1.62 bits per heavy atom. The SMILES string of the molecule is COc1ccc(Cl)cc1.OB(O)c1ccccc1.OCc1ccc(-c2ccccc2)cc1. The van der Waals surface area contributed by atoms with Crippen molar-refractivity contribution < 1.29 is 19.9 Å². The Labute approximate surface area is 194 Å². The first-order valence-corrected chi connectivity index (χ1v) is 10.4. The van der Waals surface area contributed by atoms with Crippen molar-refractivity contribution in [1.29, 1.82) is 0 Å². The molecule has 0 aromatic heterocycles. The second-order valence-electron chi connectivity index (χ2n) is 6.66. The fraction of sp³-hybridized carbons (Fsp3) is 0.0769. The fourth-order valence-electron chi connectivity index (χ4n) is 2.63. The average molecular weight is 449 g/mol. The molecule has 3 N–H and O–H groups in total. The highest BCUT2D eigenvalue weighted by atomic mass is 35.5. The Morgan fingerprint density at radius 2 is 1.19 bits per heavy atom. The summed E-state index contributed by atoms with van der Waals surface area (Å²) in [4.78, 5) is 0. The van der Waals surface area contributed by atoms with Crippen LogP contribution in [0, 0.1) is 0 Å². The molecule has 0 fully saturated rings. The molecule has 4 aromatic rings. The summed E-state index contributed by atoms with van der Waals surface area (Å²) in [5.41, 5.74) is 3.86. The number of hydrogen-bond donors (Lipinski definition) is 3. The summed E-state index contributed by atoms with van der Waals surface area (Å²) in [6, 6.07) is 34.0. The predicted molar refractivity (Wildman–Crippen MR) is 132 cm³/mol. The van der Waals surface area contributed by atoms with E-state index in [2.05, 4.69) is 12.1 Å². The molecule has 4 aromatic carbocycles. The molecule has 0 aliphatic heterocycles. The van der Waals surface area contributed by atoms with Crippen molar-refractivity contribution in [3.05, 3.63) is 120 Å². The van der Waals surface area contributed by atoms with Crippen molar-refractivity contribution in [2.75, 3.05) is 7.11 Å². The topological polar surface area (TPSA) is 69.9 Å². The van der Waals surface area contributed by atoms with Gasteiger partial charge >= 0.3 is 7.12 Å². The summed E-state index contributed by atoms with van der Waals surface area (Å²) < 4.78 is 4.91. The zero-order valence-electron chi connectivity index (χ0n) is 17.8. The van der Waals surface area contributed by atoms with Gasteiger partial charge in [-0.1, -0.05) is 96.5 Å². The molecule has 0 amide bonds. The fourth-order valence-corrected chi connectivity index (χ4v) is 2.76. The summed E-state index contributed by atoms with van der Waals surface area (Å²) in [5, 5.41) is 26.8. The predicted octanol–water partition coefficient (Wildman–Crippen LogP) is 4.56. The van der Waals surface area contributed by atoms with Crippen LogP contribution in [0.3, 0.4) is 0 Å². The van der Waals surface area contributed by atoms with Crippen LogP contribution in [0.15, 0.2) is 109 Å². The number of aliphatic hydroxyl groups excluding tert-OH is 1. The Morgan fingerprint density at radius 1 is 0.688 bits per heavy atom. The molecule has 0 spiro atoms. The maximum Gasteiger partial charge on any atom is 0.488 e. The molecular weight excluding hydrogens is 423 g/mol. The van der Waals surface area contributed by atoms with Gasteiger partial charge in [0.25, 0.3) is 0 Å². The molecule has 6 heteroatoms. The van der Waals surface area contributed by atoms with Gasteiger partial charge in [-0.15, -0.1) is 0 Å². The number of hydrogen-bond acceptors (Lipinski definition) is 4. The second-order valence-corrected chi connectivity index (χ2v) is 7.10. The maximum absolute atomic E-state index is 8.90. The van der Waals surface area contributed by atoms with Crippen LogP contribution in [-0.2, 0) is 6.61 Å². The lowest BCUT2D eigenvalue weighted by Crippen LogP contribution is -2.29. The Kier molecular flexibility index (Phi) is 11.1. The lowest BCUT2D eigenvalue weighted by molar-refractivity contribution is 0.282. The first-order chi connectivity index (χ1) is 15.5. The normalized spacial score (nSPS) is 9.53. The summed E-state index contributed by atoms with van der Waals surface area (Å²) in [7, 11) is 0.287. The third-order valence-electron chi connectivity index (χ3n) is 4.39. The minimum Gasteiger partial charge on any atom is -0.497 e. The van der Waals surface area contributed by atoms with E-state index in [-0.39, 0.29) is 6.61 Å². The smallest absolute Gasteiger partial charge is 0.488 e. The van der Waals surface area contributed by atoms with E-state index in [0.717, 1.165) is 16.3 Å². The van der Waals surface area contributed by atoms with Gasteiger partial charge in [-0.25, -0.2) is 0 Å². The number of methoxy groups -OCH3 is 1. The zero-order valence-corrected chi connectivity index (χ0v) is 18.6. The molecule has 0 atom stereocenters. The third kappa shape index (κ3) is 8.96. The van der Waals surface area contributed by atoms with Gasteiger partial charge in [0, 0.05) is 5.02 Å². The average Bonchev–Trinajstić information content (AvgIpc) is 2.86. The monoisotopic (exact) mass is 448 g/mol. The van der Waals surface area contributed by atoms with Crippen LogP contribution in [0.1, 0.15) is 5.56 Å². The lowest BCUT2D eigenvalue weighted by atomic mass is 9.81. The molecule has 0 saturated heterocycles. The van der Waals surface area contributed by atoms with E-state index < -0.39 is 7.12 Å². The molecule has 0 aliphatic rings. The summed E-state index contributed by atoms with van der Waals surface area (Å²) >= 11 is 5.61. The quantitative estimate of drug-likeness (QED) is 0.400. The van der Waals surface area contributed by atoms with Crippen molar-refractivity contribution in [2.45, 2.75) is 6.61 Å². The van der Waals surface area contributed by atoms with E-state index in [1.165, 1.54) is 11.1 Å². The lowest BCUT2D eigenvalue weighted by Gasteiger charge is -2.01. The minimum atomic E-state index is -1.34. The molecule has 4 nitrogen and oxygen atoms in total. The molecule has 0 heterocycles. The van der Waals surface area contributed by atoms with Gasteiger partial charge in [0.15, 0.2) is 0 Å². The van der Waals surface area contributed by atoms with Gasteiger partial charge in [-0.2, -0.15) is 0 Å². The van der Waals surface area contributed by atoms with Gasteiger partial charge in [0.1, 0.15) is 5.75 Å². The Hall–Kier alpha value is -3.09. The number of ether oxygens (including phenoxy) is 1. The summed E-state index contributed by atoms with van der Waals surface area (Å²) in [6.45, 7) is 0.106. The van der Waals surface area contributed by atoms with Crippen LogP contribution in [0.4, 0.5) is 0 Å². The Bertz CT molecular complexity index is 1010. The van der Waals surface area contributed by atoms with Crippen LogP contribution in [-0.4, -0.2) is 29.4 Å². The first-order valence-electron chi connectivity index (χ1n) is 9.99. The van der Waals surface area contributed by atoms with Crippen molar-refractivity contribution >= 4 is 24.2 Å². The van der Waals surface area contributed by atoms with Gasteiger partial charge in [-0.3, -0.25) is 0 Å². The molecule has 0 unspecified atom stereocenters.